The van der Waals surface area contributed by atoms with Crippen LogP contribution in [0.1, 0.15) is 21.1 Å². The van der Waals surface area contributed by atoms with Crippen molar-refractivity contribution in [1.29, 1.82) is 0 Å². The highest BCUT2D eigenvalue weighted by molar-refractivity contribution is 7.09. The molecule has 2 rings (SSSR count). The topological polar surface area (TPSA) is 105 Å². The van der Waals surface area contributed by atoms with Gasteiger partial charge in [0.15, 0.2) is 5.69 Å². The number of aromatic nitrogens is 1. The third-order valence-corrected chi connectivity index (χ3v) is 3.67. The Kier molecular flexibility index (Phi) is 5.02. The molecule has 0 radical (unpaired) electrons. The number of carbonyl (C=O) groups is 2. The molecule has 21 heavy (non-hydrogen) atoms. The van der Waals surface area contributed by atoms with Crippen molar-refractivity contribution >= 4 is 23.2 Å². The predicted molar refractivity (Wildman–Crippen MR) is 79.0 cm³/mol. The normalized spacial score (nSPS) is 11.9. The number of hydrogen-bond donors (Lipinski definition) is 3. The van der Waals surface area contributed by atoms with Crippen molar-refractivity contribution in [2.24, 2.45) is 5.73 Å². The second-order valence-corrected chi connectivity index (χ2v) is 5.39. The van der Waals surface area contributed by atoms with Gasteiger partial charge in [-0.2, -0.15) is 0 Å². The zero-order chi connectivity index (χ0) is 15.2. The predicted octanol–water partition coefficient (Wildman–Crippen LogP) is 1.03. The summed E-state index contributed by atoms with van der Waals surface area (Å²) in [6, 6.07) is 8.86. The van der Waals surface area contributed by atoms with E-state index in [1.807, 2.05) is 30.3 Å². The molecule has 2 aromatic rings. The van der Waals surface area contributed by atoms with Gasteiger partial charge >= 0.3 is 5.97 Å². The van der Waals surface area contributed by atoms with Gasteiger partial charge < -0.3 is 16.2 Å². The van der Waals surface area contributed by atoms with Crippen LogP contribution < -0.4 is 11.1 Å². The molecule has 0 unspecified atom stereocenters. The Morgan fingerprint density at radius 3 is 2.67 bits per heavy atom. The van der Waals surface area contributed by atoms with Crippen molar-refractivity contribution in [2.45, 2.75) is 19.0 Å². The first kappa shape index (κ1) is 15.1. The zero-order valence-electron chi connectivity index (χ0n) is 11.2. The third-order valence-electron chi connectivity index (χ3n) is 2.82. The SMILES string of the molecule is N[C@@H](Cc1ccccc1)C(=O)NCc1nc(C(=O)O)cs1. The van der Waals surface area contributed by atoms with Crippen LogP contribution >= 0.6 is 11.3 Å². The maximum absolute atomic E-state index is 11.9. The fraction of sp³-hybridized carbons (Fsp3) is 0.214. The highest BCUT2D eigenvalue weighted by Gasteiger charge is 2.15. The second kappa shape index (κ2) is 6.96. The minimum absolute atomic E-state index is 0.0159. The highest BCUT2D eigenvalue weighted by Crippen LogP contribution is 2.09. The van der Waals surface area contributed by atoms with E-state index in [1.54, 1.807) is 0 Å². The molecule has 1 heterocycles. The molecule has 0 aliphatic rings. The molecule has 1 atom stereocenters. The summed E-state index contributed by atoms with van der Waals surface area (Å²) in [7, 11) is 0. The lowest BCUT2D eigenvalue weighted by molar-refractivity contribution is -0.122. The van der Waals surface area contributed by atoms with Crippen LogP contribution in [-0.4, -0.2) is 28.0 Å². The van der Waals surface area contributed by atoms with E-state index in [2.05, 4.69) is 10.3 Å². The Morgan fingerprint density at radius 2 is 2.05 bits per heavy atom. The average Bonchev–Trinajstić information content (AvgIpc) is 2.95. The van der Waals surface area contributed by atoms with Gasteiger partial charge in [0.05, 0.1) is 12.6 Å². The molecule has 6 nitrogen and oxygen atoms in total. The van der Waals surface area contributed by atoms with E-state index in [0.717, 1.165) is 5.56 Å². The van der Waals surface area contributed by atoms with Crippen molar-refractivity contribution in [3.05, 3.63) is 52.0 Å². The molecule has 0 saturated heterocycles. The third kappa shape index (κ3) is 4.37. The first-order valence-corrected chi connectivity index (χ1v) is 7.19. The van der Waals surface area contributed by atoms with Crippen LogP contribution in [0.5, 0.6) is 0 Å². The van der Waals surface area contributed by atoms with Gasteiger partial charge in [-0.05, 0) is 12.0 Å². The minimum Gasteiger partial charge on any atom is -0.476 e. The molecule has 0 bridgehead atoms. The summed E-state index contributed by atoms with van der Waals surface area (Å²) < 4.78 is 0. The van der Waals surface area contributed by atoms with E-state index in [-0.39, 0.29) is 18.1 Å². The number of amides is 1. The van der Waals surface area contributed by atoms with Crippen LogP contribution in [0.25, 0.3) is 0 Å². The molecule has 0 aliphatic heterocycles. The first-order chi connectivity index (χ1) is 10.1. The molecule has 0 saturated carbocycles. The van der Waals surface area contributed by atoms with Crippen molar-refractivity contribution in [3.8, 4) is 0 Å². The van der Waals surface area contributed by atoms with Gasteiger partial charge in [-0.25, -0.2) is 9.78 Å². The molecular formula is C14H15N3O3S. The van der Waals surface area contributed by atoms with Crippen LogP contribution in [0.2, 0.25) is 0 Å². The lowest BCUT2D eigenvalue weighted by Crippen LogP contribution is -2.41. The number of nitrogens with zero attached hydrogens (tertiary/aromatic N) is 1. The summed E-state index contributed by atoms with van der Waals surface area (Å²) in [6.45, 7) is 0.180. The standard InChI is InChI=1S/C14H15N3O3S/c15-10(6-9-4-2-1-3-5-9)13(18)16-7-12-17-11(8-21-12)14(19)20/h1-5,8,10H,6-7,15H2,(H,16,18)(H,19,20)/t10-/m0/s1. The van der Waals surface area contributed by atoms with Crippen LogP contribution in [0, 0.1) is 0 Å². The molecular weight excluding hydrogens is 290 g/mol. The summed E-state index contributed by atoms with van der Waals surface area (Å²) in [6.07, 6.45) is 0.449. The van der Waals surface area contributed by atoms with E-state index >= 15 is 0 Å². The molecule has 0 aliphatic carbocycles. The number of rotatable bonds is 6. The maximum atomic E-state index is 11.9. The molecule has 7 heteroatoms. The van der Waals surface area contributed by atoms with Gasteiger partial charge in [-0.15, -0.1) is 11.3 Å². The number of aromatic carboxylic acids is 1. The largest absolute Gasteiger partial charge is 0.476 e. The summed E-state index contributed by atoms with van der Waals surface area (Å²) in [5.41, 5.74) is 6.82. The molecule has 1 aromatic heterocycles. The monoisotopic (exact) mass is 305 g/mol. The van der Waals surface area contributed by atoms with E-state index in [4.69, 9.17) is 10.8 Å². The number of carbonyl (C=O) groups excluding carboxylic acids is 1. The second-order valence-electron chi connectivity index (χ2n) is 4.45. The Hall–Kier alpha value is -2.25. The van der Waals surface area contributed by atoms with E-state index < -0.39 is 12.0 Å². The fourth-order valence-corrected chi connectivity index (χ4v) is 2.45. The van der Waals surface area contributed by atoms with E-state index in [1.165, 1.54) is 16.7 Å². The number of thiazole rings is 1. The number of hydrogen-bond acceptors (Lipinski definition) is 5. The smallest absolute Gasteiger partial charge is 0.355 e. The molecule has 4 N–H and O–H groups in total. The van der Waals surface area contributed by atoms with Crippen molar-refractivity contribution in [2.75, 3.05) is 0 Å². The number of carboxylic acids is 1. The molecule has 0 spiro atoms. The fourth-order valence-electron chi connectivity index (χ4n) is 1.74. The van der Waals surface area contributed by atoms with E-state index in [9.17, 15) is 9.59 Å². The van der Waals surface area contributed by atoms with E-state index in [0.29, 0.717) is 11.4 Å². The van der Waals surface area contributed by atoms with Crippen molar-refractivity contribution in [3.63, 3.8) is 0 Å². The van der Waals surface area contributed by atoms with Crippen LogP contribution in [-0.2, 0) is 17.8 Å². The molecule has 1 amide bonds. The Bertz CT molecular complexity index is 627. The average molecular weight is 305 g/mol. The van der Waals surface area contributed by atoms with Crippen LogP contribution in [0.4, 0.5) is 0 Å². The van der Waals surface area contributed by atoms with Gasteiger partial charge in [0.25, 0.3) is 0 Å². The lowest BCUT2D eigenvalue weighted by Gasteiger charge is -2.11. The van der Waals surface area contributed by atoms with Gasteiger partial charge in [0, 0.05) is 5.38 Å². The summed E-state index contributed by atoms with van der Waals surface area (Å²) >= 11 is 1.19. The van der Waals surface area contributed by atoms with Crippen molar-refractivity contribution < 1.29 is 14.7 Å². The quantitative estimate of drug-likeness (QED) is 0.739. The van der Waals surface area contributed by atoms with Gasteiger partial charge in [-0.3, -0.25) is 4.79 Å². The van der Waals surface area contributed by atoms with Crippen LogP contribution in [0.15, 0.2) is 35.7 Å². The first-order valence-electron chi connectivity index (χ1n) is 6.31. The van der Waals surface area contributed by atoms with Gasteiger partial charge in [-0.1, -0.05) is 30.3 Å². The summed E-state index contributed by atoms with van der Waals surface area (Å²) in [5, 5.41) is 13.4. The number of nitrogens with two attached hydrogens (primary N) is 1. The van der Waals surface area contributed by atoms with Crippen LogP contribution in [0.3, 0.4) is 0 Å². The highest BCUT2D eigenvalue weighted by atomic mass is 32.1. The Labute approximate surface area is 125 Å². The number of benzene rings is 1. The van der Waals surface area contributed by atoms with Gasteiger partial charge in [0.1, 0.15) is 5.01 Å². The summed E-state index contributed by atoms with van der Waals surface area (Å²) in [4.78, 5) is 26.5. The number of carboxylic acid groups (broad SMARTS) is 1. The van der Waals surface area contributed by atoms with Crippen molar-refractivity contribution in [1.82, 2.24) is 10.3 Å². The minimum atomic E-state index is -1.08. The molecule has 1 aromatic carbocycles. The maximum Gasteiger partial charge on any atom is 0.355 e. The van der Waals surface area contributed by atoms with Gasteiger partial charge in [0.2, 0.25) is 5.91 Å². The molecule has 0 fully saturated rings. The number of nitrogens with one attached hydrogen (secondary N) is 1. The summed E-state index contributed by atoms with van der Waals surface area (Å²) in [5.74, 6) is -1.37. The Morgan fingerprint density at radius 1 is 1.33 bits per heavy atom. The zero-order valence-corrected chi connectivity index (χ0v) is 12.0. The molecule has 110 valence electrons. The Balaban J connectivity index is 1.84. The lowest BCUT2D eigenvalue weighted by atomic mass is 10.1.